The van der Waals surface area contributed by atoms with Crippen LogP contribution in [0, 0.1) is 0 Å². The van der Waals surface area contributed by atoms with Crippen LogP contribution < -0.4 is 10.5 Å². The smallest absolute Gasteiger partial charge is 0.246 e. The molecule has 1 aliphatic carbocycles. The minimum atomic E-state index is -3.74. The third kappa shape index (κ3) is 3.31. The molecule has 0 amide bonds. The highest BCUT2D eigenvalue weighted by molar-refractivity contribution is 7.89. The lowest BCUT2D eigenvalue weighted by Crippen LogP contribution is -2.45. The van der Waals surface area contributed by atoms with Gasteiger partial charge >= 0.3 is 0 Å². The third-order valence-electron chi connectivity index (χ3n) is 3.53. The maximum Gasteiger partial charge on any atom is 0.246 e. The Morgan fingerprint density at radius 1 is 1.50 bits per heavy atom. The number of aliphatic hydroxyl groups excluding tert-OH is 1. The van der Waals surface area contributed by atoms with E-state index < -0.39 is 22.2 Å². The van der Waals surface area contributed by atoms with Gasteiger partial charge in [-0.25, -0.2) is 13.1 Å². The number of rotatable bonds is 5. The summed E-state index contributed by atoms with van der Waals surface area (Å²) < 4.78 is 28.7. The van der Waals surface area contributed by atoms with E-state index in [0.29, 0.717) is 19.4 Å². The van der Waals surface area contributed by atoms with Gasteiger partial charge in [-0.2, -0.15) is 5.10 Å². The molecule has 0 aliphatic heterocycles. The topological polar surface area (TPSA) is 110 Å². The molecular formula is C12H22N4O3S. The number of aliphatic hydroxyl groups is 1. The third-order valence-corrected chi connectivity index (χ3v) is 5.04. The van der Waals surface area contributed by atoms with Crippen molar-refractivity contribution in [3.8, 4) is 0 Å². The van der Waals surface area contributed by atoms with Gasteiger partial charge in [0.1, 0.15) is 4.90 Å². The van der Waals surface area contributed by atoms with Crippen molar-refractivity contribution in [1.29, 1.82) is 0 Å². The Morgan fingerprint density at radius 2 is 2.20 bits per heavy atom. The van der Waals surface area contributed by atoms with Crippen molar-refractivity contribution in [1.82, 2.24) is 14.5 Å². The summed E-state index contributed by atoms with van der Waals surface area (Å²) in [4.78, 5) is -0.0104. The Hall–Kier alpha value is -1.12. The molecule has 20 heavy (non-hydrogen) atoms. The second-order valence-corrected chi connectivity index (χ2v) is 6.90. The van der Waals surface area contributed by atoms with Gasteiger partial charge in [0, 0.05) is 18.8 Å². The average molecular weight is 302 g/mol. The first-order valence-corrected chi connectivity index (χ1v) is 8.45. The first-order valence-electron chi connectivity index (χ1n) is 6.97. The van der Waals surface area contributed by atoms with Crippen molar-refractivity contribution in [3.63, 3.8) is 0 Å². The van der Waals surface area contributed by atoms with Gasteiger partial charge in [0.25, 0.3) is 0 Å². The monoisotopic (exact) mass is 302 g/mol. The summed E-state index contributed by atoms with van der Waals surface area (Å²) in [6.45, 7) is 2.59. The van der Waals surface area contributed by atoms with Crippen LogP contribution in [0.3, 0.4) is 0 Å². The van der Waals surface area contributed by atoms with Gasteiger partial charge in [0.2, 0.25) is 10.0 Å². The van der Waals surface area contributed by atoms with E-state index in [1.165, 1.54) is 10.9 Å². The maximum atomic E-state index is 12.3. The van der Waals surface area contributed by atoms with E-state index in [1.54, 1.807) is 0 Å². The zero-order valence-electron chi connectivity index (χ0n) is 11.6. The normalized spacial score (nSPS) is 23.9. The van der Waals surface area contributed by atoms with E-state index in [0.717, 1.165) is 19.3 Å². The second kappa shape index (κ2) is 6.11. The molecule has 8 heteroatoms. The Bertz CT molecular complexity index is 555. The van der Waals surface area contributed by atoms with Crippen LogP contribution in [-0.2, 0) is 16.6 Å². The predicted molar refractivity (Wildman–Crippen MR) is 75.5 cm³/mol. The molecule has 0 aromatic carbocycles. The molecule has 0 radical (unpaired) electrons. The zero-order chi connectivity index (χ0) is 14.8. The molecule has 114 valence electrons. The number of aryl methyl sites for hydroxylation is 1. The number of nitrogen functional groups attached to an aromatic ring is 1. The molecule has 2 unspecified atom stereocenters. The summed E-state index contributed by atoms with van der Waals surface area (Å²) >= 11 is 0. The summed E-state index contributed by atoms with van der Waals surface area (Å²) in [5.41, 5.74) is 5.68. The number of nitrogens with zero attached hydrogens (tertiary/aromatic N) is 2. The Kier molecular flexibility index (Phi) is 4.66. The molecule has 0 saturated heterocycles. The molecule has 4 N–H and O–H groups in total. The van der Waals surface area contributed by atoms with Gasteiger partial charge in [0.05, 0.1) is 6.10 Å². The van der Waals surface area contributed by atoms with Crippen molar-refractivity contribution < 1.29 is 13.5 Å². The maximum absolute atomic E-state index is 12.3. The van der Waals surface area contributed by atoms with E-state index in [1.807, 2.05) is 6.92 Å². The largest absolute Gasteiger partial charge is 0.391 e. The molecule has 2 rings (SSSR count). The van der Waals surface area contributed by atoms with E-state index in [-0.39, 0.29) is 10.7 Å². The SMILES string of the molecule is CCCn1cc(S(=O)(=O)NC2CCCCC2O)c(N)n1. The minimum Gasteiger partial charge on any atom is -0.391 e. The molecule has 2 atom stereocenters. The minimum absolute atomic E-state index is 0.00347. The number of nitrogens with two attached hydrogens (primary N) is 1. The Balaban J connectivity index is 2.17. The van der Waals surface area contributed by atoms with E-state index in [2.05, 4.69) is 9.82 Å². The molecule has 0 spiro atoms. The lowest BCUT2D eigenvalue weighted by Gasteiger charge is -2.27. The first-order chi connectivity index (χ1) is 9.44. The van der Waals surface area contributed by atoms with E-state index in [4.69, 9.17) is 5.73 Å². The van der Waals surface area contributed by atoms with Crippen molar-refractivity contribution in [2.45, 2.75) is 62.6 Å². The average Bonchev–Trinajstić information content (AvgIpc) is 2.74. The molecule has 7 nitrogen and oxygen atoms in total. The summed E-state index contributed by atoms with van der Waals surface area (Å²) in [5, 5.41) is 13.9. The highest BCUT2D eigenvalue weighted by atomic mass is 32.2. The van der Waals surface area contributed by atoms with Crippen molar-refractivity contribution in [2.75, 3.05) is 5.73 Å². The number of nitrogens with one attached hydrogen (secondary N) is 1. The van der Waals surface area contributed by atoms with Crippen molar-refractivity contribution >= 4 is 15.8 Å². The molecule has 1 heterocycles. The fourth-order valence-corrected chi connectivity index (χ4v) is 3.86. The number of sulfonamides is 1. The lowest BCUT2D eigenvalue weighted by atomic mass is 9.93. The zero-order valence-corrected chi connectivity index (χ0v) is 12.4. The molecular weight excluding hydrogens is 280 g/mol. The van der Waals surface area contributed by atoms with Crippen LogP contribution in [0.1, 0.15) is 39.0 Å². The summed E-state index contributed by atoms with van der Waals surface area (Å²) in [7, 11) is -3.74. The molecule has 1 aliphatic rings. The molecule has 1 aromatic rings. The van der Waals surface area contributed by atoms with Crippen LogP contribution in [-0.4, -0.2) is 35.5 Å². The number of aromatic nitrogens is 2. The van der Waals surface area contributed by atoms with Crippen molar-refractivity contribution in [2.24, 2.45) is 0 Å². The fourth-order valence-electron chi connectivity index (χ4n) is 2.48. The molecule has 1 saturated carbocycles. The standard InChI is InChI=1S/C12H22N4O3S/c1-2-7-16-8-11(12(13)14-16)20(18,19)15-9-5-3-4-6-10(9)17/h8-10,15,17H,2-7H2,1H3,(H2,13,14). The first kappa shape index (κ1) is 15.3. The van der Waals surface area contributed by atoms with Crippen molar-refractivity contribution in [3.05, 3.63) is 6.20 Å². The Morgan fingerprint density at radius 3 is 2.85 bits per heavy atom. The van der Waals surface area contributed by atoms with Gasteiger partial charge in [-0.05, 0) is 19.3 Å². The van der Waals surface area contributed by atoms with E-state index in [9.17, 15) is 13.5 Å². The quantitative estimate of drug-likeness (QED) is 0.731. The van der Waals surface area contributed by atoms with Gasteiger partial charge in [-0.15, -0.1) is 0 Å². The lowest BCUT2D eigenvalue weighted by molar-refractivity contribution is 0.101. The van der Waals surface area contributed by atoms with Crippen LogP contribution >= 0.6 is 0 Å². The number of hydrogen-bond donors (Lipinski definition) is 3. The van der Waals surface area contributed by atoms with Gasteiger partial charge in [-0.1, -0.05) is 19.8 Å². The van der Waals surface area contributed by atoms with Crippen LogP contribution in [0.15, 0.2) is 11.1 Å². The molecule has 1 aromatic heterocycles. The predicted octanol–water partition coefficient (Wildman–Crippen LogP) is 0.457. The van der Waals surface area contributed by atoms with E-state index >= 15 is 0 Å². The highest BCUT2D eigenvalue weighted by Crippen LogP contribution is 2.22. The number of hydrogen-bond acceptors (Lipinski definition) is 5. The van der Waals surface area contributed by atoms with Gasteiger partial charge in [0.15, 0.2) is 5.82 Å². The van der Waals surface area contributed by atoms with Gasteiger partial charge in [-0.3, -0.25) is 4.68 Å². The van der Waals surface area contributed by atoms with Gasteiger partial charge < -0.3 is 10.8 Å². The fraction of sp³-hybridized carbons (Fsp3) is 0.750. The van der Waals surface area contributed by atoms with Crippen LogP contribution in [0.5, 0.6) is 0 Å². The summed E-state index contributed by atoms with van der Waals surface area (Å²) in [5.74, 6) is -0.00347. The Labute approximate surface area is 119 Å². The van der Waals surface area contributed by atoms with Crippen LogP contribution in [0.25, 0.3) is 0 Å². The number of anilines is 1. The molecule has 1 fully saturated rings. The molecule has 0 bridgehead atoms. The summed E-state index contributed by atoms with van der Waals surface area (Å²) in [6, 6.07) is -0.442. The highest BCUT2D eigenvalue weighted by Gasteiger charge is 2.30. The van der Waals surface area contributed by atoms with Crippen LogP contribution in [0.2, 0.25) is 0 Å². The summed E-state index contributed by atoms with van der Waals surface area (Å²) in [6.07, 6.45) is 4.75. The van der Waals surface area contributed by atoms with Crippen LogP contribution in [0.4, 0.5) is 5.82 Å². The second-order valence-electron chi connectivity index (χ2n) is 5.22.